The topological polar surface area (TPSA) is 110 Å². The van der Waals surface area contributed by atoms with E-state index < -0.39 is 16.1 Å². The van der Waals surface area contributed by atoms with E-state index in [9.17, 15) is 13.2 Å². The Balaban J connectivity index is 1.94. The van der Waals surface area contributed by atoms with Gasteiger partial charge in [0.15, 0.2) is 0 Å². The van der Waals surface area contributed by atoms with Crippen molar-refractivity contribution in [2.75, 3.05) is 11.9 Å². The van der Waals surface area contributed by atoms with Gasteiger partial charge < -0.3 is 10.1 Å². The van der Waals surface area contributed by atoms with Gasteiger partial charge in [0.25, 0.3) is 10.0 Å². The maximum Gasteiger partial charge on any atom is 0.270 e. The number of hydrogen-bond acceptors (Lipinski definition) is 7. The molecule has 0 saturated carbocycles. The number of carbonyl (C=O) groups is 1. The molecule has 8 nitrogen and oxygen atoms in total. The van der Waals surface area contributed by atoms with Gasteiger partial charge in [-0.2, -0.15) is 0 Å². The van der Waals surface area contributed by atoms with Crippen molar-refractivity contribution in [2.45, 2.75) is 24.2 Å². The number of nitrogens with zero attached hydrogens (tertiary/aromatic N) is 2. The van der Waals surface area contributed by atoms with E-state index in [0.29, 0.717) is 5.75 Å². The zero-order valence-corrected chi connectivity index (χ0v) is 14.1. The molecule has 10 heteroatoms. The van der Waals surface area contributed by atoms with E-state index in [0.717, 1.165) is 11.3 Å². The van der Waals surface area contributed by atoms with Crippen LogP contribution in [0.25, 0.3) is 0 Å². The molecule has 0 spiro atoms. The van der Waals surface area contributed by atoms with Gasteiger partial charge >= 0.3 is 0 Å². The molecule has 1 atom stereocenters. The van der Waals surface area contributed by atoms with Crippen LogP contribution in [-0.4, -0.2) is 37.2 Å². The number of hydrogen-bond donors (Lipinski definition) is 2. The molecule has 0 fully saturated rings. The maximum absolute atomic E-state index is 12.2. The fourth-order valence-corrected chi connectivity index (χ4v) is 3.80. The standard InChI is InChI=1S/C13H16N4O4S2/c1-9(8-21-11-6-4-3-5-7-11)17-23(19,20)13-16-15-12(22-13)14-10(2)18/h3-7,9,17H,8H2,1-2H3,(H,14,15,18)/t9-/m1/s1. The van der Waals surface area contributed by atoms with Crippen LogP contribution < -0.4 is 14.8 Å². The minimum absolute atomic E-state index is 0.131. The van der Waals surface area contributed by atoms with E-state index >= 15 is 0 Å². The Kier molecular flexibility index (Phi) is 5.64. The third kappa shape index (κ3) is 5.27. The molecule has 1 amide bonds. The van der Waals surface area contributed by atoms with E-state index in [1.54, 1.807) is 19.1 Å². The first-order chi connectivity index (χ1) is 10.9. The average Bonchev–Trinajstić information content (AvgIpc) is 2.94. The summed E-state index contributed by atoms with van der Waals surface area (Å²) in [7, 11) is -3.82. The van der Waals surface area contributed by atoms with Crippen molar-refractivity contribution < 1.29 is 17.9 Å². The van der Waals surface area contributed by atoms with Gasteiger partial charge in [0.1, 0.15) is 12.4 Å². The van der Waals surface area contributed by atoms with Gasteiger partial charge in [-0.1, -0.05) is 29.5 Å². The smallest absolute Gasteiger partial charge is 0.270 e. The van der Waals surface area contributed by atoms with Gasteiger partial charge in [0, 0.05) is 6.92 Å². The highest BCUT2D eigenvalue weighted by Crippen LogP contribution is 2.20. The summed E-state index contributed by atoms with van der Waals surface area (Å²) in [6.07, 6.45) is 0. The minimum atomic E-state index is -3.82. The highest BCUT2D eigenvalue weighted by molar-refractivity contribution is 7.91. The number of benzene rings is 1. The van der Waals surface area contributed by atoms with Crippen LogP contribution in [0.3, 0.4) is 0 Å². The van der Waals surface area contributed by atoms with Crippen molar-refractivity contribution in [3.63, 3.8) is 0 Å². The largest absolute Gasteiger partial charge is 0.492 e. The molecule has 0 aliphatic heterocycles. The number of para-hydroxylation sites is 1. The van der Waals surface area contributed by atoms with Gasteiger partial charge in [-0.3, -0.25) is 4.79 Å². The van der Waals surface area contributed by atoms with Gasteiger partial charge in [-0.05, 0) is 19.1 Å². The third-order valence-corrected chi connectivity index (χ3v) is 5.31. The second-order valence-corrected chi connectivity index (χ2v) is 7.57. The molecule has 2 rings (SSSR count). The van der Waals surface area contributed by atoms with Crippen molar-refractivity contribution in [1.29, 1.82) is 0 Å². The first-order valence-electron chi connectivity index (χ1n) is 6.68. The van der Waals surface area contributed by atoms with Crippen LogP contribution in [0, 0.1) is 0 Å². The molecule has 1 aromatic carbocycles. The predicted octanol–water partition coefficient (Wildman–Crippen LogP) is 1.24. The van der Waals surface area contributed by atoms with E-state index in [2.05, 4.69) is 20.2 Å². The van der Waals surface area contributed by atoms with E-state index in [-0.39, 0.29) is 22.0 Å². The molecule has 0 unspecified atom stereocenters. The highest BCUT2D eigenvalue weighted by atomic mass is 32.2. The molecule has 0 radical (unpaired) electrons. The lowest BCUT2D eigenvalue weighted by molar-refractivity contribution is -0.114. The molecule has 0 aliphatic carbocycles. The summed E-state index contributed by atoms with van der Waals surface area (Å²) in [4.78, 5) is 10.9. The number of amides is 1. The van der Waals surface area contributed by atoms with Crippen molar-refractivity contribution in [2.24, 2.45) is 0 Å². The Morgan fingerprint density at radius 2 is 2.00 bits per heavy atom. The monoisotopic (exact) mass is 356 g/mol. The zero-order valence-electron chi connectivity index (χ0n) is 12.5. The van der Waals surface area contributed by atoms with Gasteiger partial charge in [0.05, 0.1) is 6.04 Å². The molecule has 0 aliphatic rings. The number of anilines is 1. The Morgan fingerprint density at radius 3 is 2.65 bits per heavy atom. The van der Waals surface area contributed by atoms with Gasteiger partial charge in [0.2, 0.25) is 15.4 Å². The fraction of sp³-hybridized carbons (Fsp3) is 0.308. The summed E-state index contributed by atoms with van der Waals surface area (Å²) in [6.45, 7) is 3.15. The molecule has 0 bridgehead atoms. The van der Waals surface area contributed by atoms with Gasteiger partial charge in [-0.25, -0.2) is 13.1 Å². The summed E-state index contributed by atoms with van der Waals surface area (Å²) < 4.78 is 32.1. The maximum atomic E-state index is 12.2. The quantitative estimate of drug-likeness (QED) is 0.722. The lowest BCUT2D eigenvalue weighted by Gasteiger charge is -2.13. The summed E-state index contributed by atoms with van der Waals surface area (Å²) in [6, 6.07) is 8.62. The molecule has 23 heavy (non-hydrogen) atoms. The van der Waals surface area contributed by atoms with Crippen molar-refractivity contribution in [3.8, 4) is 5.75 Å². The number of rotatable bonds is 7. The highest BCUT2D eigenvalue weighted by Gasteiger charge is 2.23. The normalized spacial score (nSPS) is 12.6. The van der Waals surface area contributed by atoms with Crippen LogP contribution in [0.15, 0.2) is 34.7 Å². The summed E-state index contributed by atoms with van der Waals surface area (Å²) in [5, 5.41) is 9.70. The predicted molar refractivity (Wildman–Crippen MR) is 85.9 cm³/mol. The Morgan fingerprint density at radius 1 is 1.30 bits per heavy atom. The van der Waals surface area contributed by atoms with Crippen molar-refractivity contribution in [1.82, 2.24) is 14.9 Å². The van der Waals surface area contributed by atoms with E-state index in [1.807, 2.05) is 18.2 Å². The number of nitrogens with one attached hydrogen (secondary N) is 2. The van der Waals surface area contributed by atoms with Crippen LogP contribution >= 0.6 is 11.3 Å². The van der Waals surface area contributed by atoms with Crippen LogP contribution in [0.4, 0.5) is 5.13 Å². The molecule has 0 saturated heterocycles. The fourth-order valence-electron chi connectivity index (χ4n) is 1.61. The van der Waals surface area contributed by atoms with Crippen molar-refractivity contribution in [3.05, 3.63) is 30.3 Å². The minimum Gasteiger partial charge on any atom is -0.492 e. The molecular weight excluding hydrogens is 340 g/mol. The van der Waals surface area contributed by atoms with E-state index in [1.165, 1.54) is 6.92 Å². The van der Waals surface area contributed by atoms with Crippen LogP contribution in [-0.2, 0) is 14.8 Å². The summed E-state index contributed by atoms with van der Waals surface area (Å²) in [5.41, 5.74) is 0. The molecule has 2 aromatic rings. The second-order valence-electron chi connectivity index (χ2n) is 4.70. The molecule has 1 heterocycles. The first-order valence-corrected chi connectivity index (χ1v) is 8.98. The van der Waals surface area contributed by atoms with Crippen LogP contribution in [0.1, 0.15) is 13.8 Å². The Labute approximate surface area is 137 Å². The molecule has 2 N–H and O–H groups in total. The van der Waals surface area contributed by atoms with Crippen LogP contribution in [0.2, 0.25) is 0 Å². The Bertz CT molecular complexity index is 761. The van der Waals surface area contributed by atoms with Gasteiger partial charge in [-0.15, -0.1) is 10.2 Å². The summed E-state index contributed by atoms with van der Waals surface area (Å²) in [5.74, 6) is 0.310. The average molecular weight is 356 g/mol. The first kappa shape index (κ1) is 17.3. The molecular formula is C13H16N4O4S2. The molecule has 124 valence electrons. The number of sulfonamides is 1. The number of aromatic nitrogens is 2. The van der Waals surface area contributed by atoms with Crippen LogP contribution in [0.5, 0.6) is 5.75 Å². The lowest BCUT2D eigenvalue weighted by atomic mass is 10.3. The SMILES string of the molecule is CC(=O)Nc1nnc(S(=O)(=O)N[C@H](C)COc2ccccc2)s1. The third-order valence-electron chi connectivity index (χ3n) is 2.52. The second kappa shape index (κ2) is 7.49. The zero-order chi connectivity index (χ0) is 16.9. The number of carbonyl (C=O) groups excluding carboxylic acids is 1. The lowest BCUT2D eigenvalue weighted by Crippen LogP contribution is -2.36. The summed E-state index contributed by atoms with van der Waals surface area (Å²) >= 11 is 0.779. The van der Waals surface area contributed by atoms with E-state index in [4.69, 9.17) is 4.74 Å². The number of ether oxygens (including phenoxy) is 1. The molecule has 1 aromatic heterocycles. The Hall–Kier alpha value is -2.04. The van der Waals surface area contributed by atoms with Crippen molar-refractivity contribution >= 4 is 32.4 Å².